The second-order valence-corrected chi connectivity index (χ2v) is 7.91. The Morgan fingerprint density at radius 3 is 2.52 bits per heavy atom. The Morgan fingerprint density at radius 1 is 1.00 bits per heavy atom. The third-order valence-corrected chi connectivity index (χ3v) is 6.19. The molecule has 0 radical (unpaired) electrons. The number of nitrogens with zero attached hydrogens (tertiary/aromatic N) is 3. The topological polar surface area (TPSA) is 41.7 Å². The summed E-state index contributed by atoms with van der Waals surface area (Å²) < 4.78 is 12.0. The Labute approximate surface area is 170 Å². The lowest BCUT2D eigenvalue weighted by molar-refractivity contribution is 0.411. The van der Waals surface area contributed by atoms with Crippen molar-refractivity contribution in [1.29, 1.82) is 0 Å². The number of hydrogen-bond acceptors (Lipinski definition) is 5. The van der Waals surface area contributed by atoms with Crippen molar-refractivity contribution in [2.24, 2.45) is 0 Å². The zero-order chi connectivity index (χ0) is 20.4. The first-order valence-electron chi connectivity index (χ1n) is 9.90. The van der Waals surface area contributed by atoms with Crippen LogP contribution < -0.4 is 14.5 Å². The van der Waals surface area contributed by atoms with Crippen LogP contribution in [0.3, 0.4) is 0 Å². The van der Waals surface area contributed by atoms with Crippen LogP contribution in [-0.4, -0.2) is 25.3 Å². The molecule has 2 aromatic carbocycles. The number of methoxy groups -OCH3 is 1. The second kappa shape index (κ2) is 6.14. The molecule has 0 fully saturated rings. The zero-order valence-corrected chi connectivity index (χ0v) is 17.7. The van der Waals surface area contributed by atoms with Crippen LogP contribution in [0, 0.1) is 20.8 Å². The number of fused-ring (bicyclic) bond motifs is 5. The van der Waals surface area contributed by atoms with Crippen LogP contribution >= 0.6 is 0 Å². The van der Waals surface area contributed by atoms with E-state index in [2.05, 4.69) is 66.9 Å². The highest BCUT2D eigenvalue weighted by Gasteiger charge is 2.36. The van der Waals surface area contributed by atoms with Crippen LogP contribution in [0.1, 0.15) is 23.7 Å². The molecule has 0 N–H and O–H groups in total. The number of rotatable bonds is 2. The molecule has 5 nitrogen and oxygen atoms in total. The number of pyridine rings is 1. The maximum Gasteiger partial charge on any atom is 0.161 e. The first kappa shape index (κ1) is 17.9. The monoisotopic (exact) mass is 387 g/mol. The van der Waals surface area contributed by atoms with Crippen molar-refractivity contribution in [3.8, 4) is 5.75 Å². The van der Waals surface area contributed by atoms with Gasteiger partial charge in [-0.25, -0.2) is 0 Å². The first-order chi connectivity index (χ1) is 13.9. The quantitative estimate of drug-likeness (QED) is 0.432. The van der Waals surface area contributed by atoms with Crippen LogP contribution in [0.25, 0.3) is 21.9 Å². The lowest BCUT2D eigenvalue weighted by atomic mass is 10.1. The first-order valence-corrected chi connectivity index (χ1v) is 9.90. The lowest BCUT2D eigenvalue weighted by Gasteiger charge is -2.29. The van der Waals surface area contributed by atoms with Crippen molar-refractivity contribution >= 4 is 39.0 Å². The highest BCUT2D eigenvalue weighted by Crippen LogP contribution is 2.50. The highest BCUT2D eigenvalue weighted by molar-refractivity contribution is 6.13. The minimum Gasteiger partial charge on any atom is -0.496 e. The molecule has 4 aromatic rings. The van der Waals surface area contributed by atoms with Gasteiger partial charge >= 0.3 is 0 Å². The van der Waals surface area contributed by atoms with Gasteiger partial charge in [0.1, 0.15) is 17.6 Å². The summed E-state index contributed by atoms with van der Waals surface area (Å²) in [7, 11) is 3.86. The van der Waals surface area contributed by atoms with E-state index in [-0.39, 0.29) is 6.17 Å². The Kier molecular flexibility index (Phi) is 3.78. The predicted octanol–water partition coefficient (Wildman–Crippen LogP) is 5.85. The molecule has 0 spiro atoms. The summed E-state index contributed by atoms with van der Waals surface area (Å²) in [6.07, 6.45) is 1.99. The number of aryl methyl sites for hydroxylation is 2. The number of hydrogen-bond donors (Lipinski definition) is 0. The molecule has 2 aromatic heterocycles. The van der Waals surface area contributed by atoms with E-state index in [1.807, 2.05) is 19.2 Å². The number of ether oxygens (including phenoxy) is 1. The van der Waals surface area contributed by atoms with Gasteiger partial charge in [0.2, 0.25) is 0 Å². The van der Waals surface area contributed by atoms with Gasteiger partial charge in [0.25, 0.3) is 0 Å². The normalized spacial score (nSPS) is 16.1. The molecular weight excluding hydrogens is 362 g/mol. The summed E-state index contributed by atoms with van der Waals surface area (Å²) in [5.74, 6) is 0.912. The SMILES string of the molecule is COc1cc(C)cc(N2c3ccc4c(oc5c(C)nccc54)c3N(C)[C@@H]2C)c1C. The van der Waals surface area contributed by atoms with Crippen molar-refractivity contribution in [3.63, 3.8) is 0 Å². The van der Waals surface area contributed by atoms with Gasteiger partial charge < -0.3 is 19.0 Å². The second-order valence-electron chi connectivity index (χ2n) is 7.91. The molecule has 5 rings (SSSR count). The minimum absolute atomic E-state index is 0.147. The lowest BCUT2D eigenvalue weighted by Crippen LogP contribution is -2.36. The number of benzene rings is 2. The van der Waals surface area contributed by atoms with Gasteiger partial charge in [-0.3, -0.25) is 4.98 Å². The fourth-order valence-corrected chi connectivity index (χ4v) is 4.57. The van der Waals surface area contributed by atoms with Gasteiger partial charge in [-0.2, -0.15) is 0 Å². The number of aromatic nitrogens is 1. The largest absolute Gasteiger partial charge is 0.496 e. The summed E-state index contributed by atoms with van der Waals surface area (Å²) in [4.78, 5) is 9.06. The van der Waals surface area contributed by atoms with Gasteiger partial charge in [-0.1, -0.05) is 0 Å². The van der Waals surface area contributed by atoms with E-state index in [0.717, 1.165) is 56.0 Å². The average Bonchev–Trinajstić information content (AvgIpc) is 3.20. The van der Waals surface area contributed by atoms with E-state index in [9.17, 15) is 0 Å². The summed E-state index contributed by atoms with van der Waals surface area (Å²) in [5.41, 5.74) is 8.43. The third-order valence-electron chi connectivity index (χ3n) is 6.19. The number of furan rings is 1. The maximum atomic E-state index is 6.37. The molecule has 3 heterocycles. The van der Waals surface area contributed by atoms with Crippen LogP contribution in [0.2, 0.25) is 0 Å². The van der Waals surface area contributed by atoms with Gasteiger partial charge in [-0.15, -0.1) is 0 Å². The zero-order valence-electron chi connectivity index (χ0n) is 17.7. The Morgan fingerprint density at radius 2 is 1.76 bits per heavy atom. The Balaban J connectivity index is 1.80. The molecule has 29 heavy (non-hydrogen) atoms. The van der Waals surface area contributed by atoms with Crippen LogP contribution in [0.15, 0.2) is 40.9 Å². The van der Waals surface area contributed by atoms with Gasteiger partial charge in [0.05, 0.1) is 18.5 Å². The van der Waals surface area contributed by atoms with Crippen molar-refractivity contribution in [1.82, 2.24) is 4.98 Å². The molecule has 0 aliphatic carbocycles. The van der Waals surface area contributed by atoms with Crippen LogP contribution in [0.4, 0.5) is 17.1 Å². The molecule has 0 saturated carbocycles. The van der Waals surface area contributed by atoms with E-state index in [4.69, 9.17) is 9.15 Å². The smallest absolute Gasteiger partial charge is 0.161 e. The molecule has 5 heteroatoms. The van der Waals surface area contributed by atoms with Gasteiger partial charge in [0.15, 0.2) is 11.2 Å². The Hall–Kier alpha value is -3.21. The van der Waals surface area contributed by atoms with E-state index >= 15 is 0 Å². The molecule has 148 valence electrons. The van der Waals surface area contributed by atoms with Crippen molar-refractivity contribution in [3.05, 3.63) is 53.3 Å². The van der Waals surface area contributed by atoms with E-state index in [0.29, 0.717) is 0 Å². The molecule has 0 saturated heterocycles. The summed E-state index contributed by atoms with van der Waals surface area (Å²) >= 11 is 0. The fourth-order valence-electron chi connectivity index (χ4n) is 4.57. The molecule has 0 amide bonds. The van der Waals surface area contributed by atoms with Crippen molar-refractivity contribution in [2.45, 2.75) is 33.9 Å². The molecule has 0 bridgehead atoms. The Bertz CT molecular complexity index is 1270. The third kappa shape index (κ3) is 2.36. The predicted molar refractivity (Wildman–Crippen MR) is 119 cm³/mol. The van der Waals surface area contributed by atoms with E-state index in [1.165, 1.54) is 5.56 Å². The number of anilines is 3. The standard InChI is InChI=1S/C24H25N3O2/c1-13-11-20(14(2)21(12-13)28-6)27-16(4)26(5)22-19(27)8-7-17-18-9-10-25-15(3)23(18)29-24(17)22/h7-12,16H,1-6H3/t16-/m0/s1. The van der Waals surface area contributed by atoms with Crippen LogP contribution in [0.5, 0.6) is 5.75 Å². The summed E-state index contributed by atoms with van der Waals surface area (Å²) in [6, 6.07) is 10.7. The van der Waals surface area contributed by atoms with Gasteiger partial charge in [0, 0.05) is 35.3 Å². The maximum absolute atomic E-state index is 6.37. The fraction of sp³-hybridized carbons (Fsp3) is 0.292. The minimum atomic E-state index is 0.147. The highest BCUT2D eigenvalue weighted by atomic mass is 16.5. The van der Waals surface area contributed by atoms with E-state index in [1.54, 1.807) is 7.11 Å². The van der Waals surface area contributed by atoms with E-state index < -0.39 is 0 Å². The molecule has 1 aliphatic rings. The average molecular weight is 387 g/mol. The van der Waals surface area contributed by atoms with Crippen molar-refractivity contribution in [2.75, 3.05) is 24.0 Å². The summed E-state index contributed by atoms with van der Waals surface area (Å²) in [5, 5.41) is 2.24. The van der Waals surface area contributed by atoms with Gasteiger partial charge in [-0.05, 0) is 63.6 Å². The molecule has 1 atom stereocenters. The molecular formula is C24H25N3O2. The molecule has 1 aliphatic heterocycles. The van der Waals surface area contributed by atoms with Crippen molar-refractivity contribution < 1.29 is 9.15 Å². The van der Waals surface area contributed by atoms with Crippen LogP contribution in [-0.2, 0) is 0 Å². The summed E-state index contributed by atoms with van der Waals surface area (Å²) in [6.45, 7) is 8.43. The molecule has 0 unspecified atom stereocenters.